The van der Waals surface area contributed by atoms with Crippen molar-refractivity contribution < 1.29 is 4.79 Å². The highest BCUT2D eigenvalue weighted by Crippen LogP contribution is 2.37. The number of ketones is 1. The first-order valence-corrected chi connectivity index (χ1v) is 8.38. The molecule has 21 heavy (non-hydrogen) atoms. The molecule has 1 aliphatic carbocycles. The third-order valence-electron chi connectivity index (χ3n) is 5.25. The van der Waals surface area contributed by atoms with Gasteiger partial charge in [0.2, 0.25) is 0 Å². The molecule has 2 nitrogen and oxygen atoms in total. The zero-order valence-corrected chi connectivity index (χ0v) is 14.0. The van der Waals surface area contributed by atoms with Gasteiger partial charge in [0.1, 0.15) is 0 Å². The molecule has 2 rings (SSSR count). The number of hydrogen-bond donors (Lipinski definition) is 0. The summed E-state index contributed by atoms with van der Waals surface area (Å²) in [4.78, 5) is 15.4. The second-order valence-electron chi connectivity index (χ2n) is 6.43. The molecule has 116 valence electrons. The molecule has 2 heteroatoms. The van der Waals surface area contributed by atoms with Crippen LogP contribution in [0.2, 0.25) is 0 Å². The van der Waals surface area contributed by atoms with Crippen LogP contribution >= 0.6 is 0 Å². The number of benzene rings is 1. The maximum Gasteiger partial charge on any atom is 0.157 e. The van der Waals surface area contributed by atoms with E-state index >= 15 is 0 Å². The Morgan fingerprint density at radius 2 is 1.71 bits per heavy atom. The van der Waals surface area contributed by atoms with E-state index in [2.05, 4.69) is 50.8 Å². The second-order valence-corrected chi connectivity index (χ2v) is 6.43. The maximum absolute atomic E-state index is 13.1. The zero-order chi connectivity index (χ0) is 15.5. The van der Waals surface area contributed by atoms with E-state index in [1.807, 2.05) is 0 Å². The molecule has 0 heterocycles. The Bertz CT molecular complexity index is 496. The van der Waals surface area contributed by atoms with Crippen LogP contribution < -0.4 is 0 Å². The van der Waals surface area contributed by atoms with E-state index in [-0.39, 0.29) is 5.54 Å². The largest absolute Gasteiger partial charge is 0.297 e. The van der Waals surface area contributed by atoms with Gasteiger partial charge < -0.3 is 0 Å². The minimum atomic E-state index is -0.192. The van der Waals surface area contributed by atoms with E-state index < -0.39 is 0 Å². The summed E-state index contributed by atoms with van der Waals surface area (Å²) in [5.74, 6) is 0.423. The van der Waals surface area contributed by atoms with Gasteiger partial charge in [-0.2, -0.15) is 0 Å². The fourth-order valence-electron chi connectivity index (χ4n) is 3.82. The Kier molecular flexibility index (Phi) is 5.21. The van der Waals surface area contributed by atoms with Crippen molar-refractivity contribution in [2.24, 2.45) is 0 Å². The molecule has 1 aromatic carbocycles. The summed E-state index contributed by atoms with van der Waals surface area (Å²) < 4.78 is 0. The van der Waals surface area contributed by atoms with Crippen molar-refractivity contribution in [2.75, 3.05) is 13.1 Å². The molecule has 1 fully saturated rings. The fourth-order valence-corrected chi connectivity index (χ4v) is 3.82. The van der Waals surface area contributed by atoms with E-state index in [4.69, 9.17) is 0 Å². The topological polar surface area (TPSA) is 20.3 Å². The van der Waals surface area contributed by atoms with Gasteiger partial charge in [0.05, 0.1) is 5.54 Å². The molecule has 0 unspecified atom stereocenters. The van der Waals surface area contributed by atoms with Crippen molar-refractivity contribution >= 4 is 5.78 Å². The molecule has 1 aromatic rings. The van der Waals surface area contributed by atoms with Crippen LogP contribution in [-0.2, 0) is 11.2 Å². The quantitative estimate of drug-likeness (QED) is 0.786. The van der Waals surface area contributed by atoms with Crippen molar-refractivity contribution in [3.63, 3.8) is 0 Å². The van der Waals surface area contributed by atoms with E-state index in [0.29, 0.717) is 12.2 Å². The molecule has 0 aliphatic heterocycles. The molecular weight excluding hydrogens is 258 g/mol. The average Bonchev–Trinajstić information content (AvgIpc) is 2.95. The summed E-state index contributed by atoms with van der Waals surface area (Å²) in [7, 11) is 0. The van der Waals surface area contributed by atoms with Gasteiger partial charge in [0, 0.05) is 6.42 Å². The Hall–Kier alpha value is -1.15. The Morgan fingerprint density at radius 3 is 2.24 bits per heavy atom. The highest BCUT2D eigenvalue weighted by molar-refractivity contribution is 5.90. The van der Waals surface area contributed by atoms with Crippen LogP contribution in [0.4, 0.5) is 0 Å². The number of carbonyl (C=O) groups excluding carboxylic acids is 1. The van der Waals surface area contributed by atoms with E-state index in [0.717, 1.165) is 25.9 Å². The van der Waals surface area contributed by atoms with Crippen LogP contribution in [0.1, 0.15) is 56.2 Å². The van der Waals surface area contributed by atoms with Crippen molar-refractivity contribution in [3.05, 3.63) is 34.9 Å². The summed E-state index contributed by atoms with van der Waals surface area (Å²) in [6.45, 7) is 10.5. The third-order valence-corrected chi connectivity index (χ3v) is 5.25. The van der Waals surface area contributed by atoms with Gasteiger partial charge in [0.15, 0.2) is 5.78 Å². The minimum Gasteiger partial charge on any atom is -0.297 e. The maximum atomic E-state index is 13.1. The van der Waals surface area contributed by atoms with Crippen LogP contribution in [0.5, 0.6) is 0 Å². The minimum absolute atomic E-state index is 0.192. The number of aryl methyl sites for hydroxylation is 2. The molecule has 0 atom stereocenters. The van der Waals surface area contributed by atoms with Gasteiger partial charge in [-0.25, -0.2) is 0 Å². The summed E-state index contributed by atoms with van der Waals surface area (Å²) in [5.41, 5.74) is 3.55. The van der Waals surface area contributed by atoms with E-state index in [1.165, 1.54) is 29.5 Å². The van der Waals surface area contributed by atoms with Gasteiger partial charge >= 0.3 is 0 Å². The van der Waals surface area contributed by atoms with Crippen LogP contribution in [0.25, 0.3) is 0 Å². The zero-order valence-electron chi connectivity index (χ0n) is 14.0. The van der Waals surface area contributed by atoms with Crippen molar-refractivity contribution in [3.8, 4) is 0 Å². The fraction of sp³-hybridized carbons (Fsp3) is 0.632. The first kappa shape index (κ1) is 16.2. The van der Waals surface area contributed by atoms with Crippen molar-refractivity contribution in [1.29, 1.82) is 0 Å². The van der Waals surface area contributed by atoms with Crippen molar-refractivity contribution in [2.45, 2.75) is 65.3 Å². The molecule has 0 spiro atoms. The molecule has 1 aliphatic rings. The van der Waals surface area contributed by atoms with E-state index in [9.17, 15) is 4.79 Å². The number of Topliss-reactive ketones (excluding diaryl/α,β-unsaturated/α-hetero) is 1. The number of carbonyl (C=O) groups is 1. The first-order chi connectivity index (χ1) is 10.0. The smallest absolute Gasteiger partial charge is 0.157 e. The highest BCUT2D eigenvalue weighted by Gasteiger charge is 2.44. The molecular formula is C19H29NO. The van der Waals surface area contributed by atoms with Crippen LogP contribution in [-0.4, -0.2) is 29.3 Å². The van der Waals surface area contributed by atoms with E-state index in [1.54, 1.807) is 0 Å². The lowest BCUT2D eigenvalue weighted by Gasteiger charge is -2.39. The average molecular weight is 287 g/mol. The number of hydrogen-bond acceptors (Lipinski definition) is 2. The second kappa shape index (κ2) is 6.74. The molecule has 0 bridgehead atoms. The SMILES string of the molecule is CCN(CC)C1(C(=O)Cc2ccc(C)c(C)c2)CCCC1. The highest BCUT2D eigenvalue weighted by atomic mass is 16.1. The molecule has 0 N–H and O–H groups in total. The normalized spacial score (nSPS) is 17.4. The summed E-state index contributed by atoms with van der Waals surface area (Å²) in [5, 5.41) is 0. The Morgan fingerprint density at radius 1 is 1.10 bits per heavy atom. The third kappa shape index (κ3) is 3.21. The van der Waals surface area contributed by atoms with Crippen LogP contribution in [0.3, 0.4) is 0 Å². The Labute approximate surface area is 129 Å². The van der Waals surface area contributed by atoms with Gasteiger partial charge in [0.25, 0.3) is 0 Å². The molecule has 0 radical (unpaired) electrons. The van der Waals surface area contributed by atoms with Gasteiger partial charge in [-0.3, -0.25) is 9.69 Å². The predicted octanol–water partition coefficient (Wildman–Crippen LogP) is 4.07. The molecule has 0 aromatic heterocycles. The number of rotatable bonds is 6. The first-order valence-electron chi connectivity index (χ1n) is 8.38. The number of nitrogens with zero attached hydrogens (tertiary/aromatic N) is 1. The standard InChI is InChI=1S/C19H29NO/c1-5-20(6-2)19(11-7-8-12-19)18(21)14-17-10-9-15(3)16(4)13-17/h9-10,13H,5-8,11-12,14H2,1-4H3. The molecule has 1 saturated carbocycles. The summed E-state index contributed by atoms with van der Waals surface area (Å²) in [6.07, 6.45) is 5.04. The molecule has 0 saturated heterocycles. The predicted molar refractivity (Wildman–Crippen MR) is 88.7 cm³/mol. The number of likely N-dealkylation sites (N-methyl/N-ethyl adjacent to an activating group) is 1. The van der Waals surface area contributed by atoms with Crippen LogP contribution in [0, 0.1) is 13.8 Å². The monoisotopic (exact) mass is 287 g/mol. The van der Waals surface area contributed by atoms with Gasteiger partial charge in [-0.15, -0.1) is 0 Å². The Balaban J connectivity index is 2.21. The van der Waals surface area contributed by atoms with Gasteiger partial charge in [-0.05, 0) is 56.5 Å². The van der Waals surface area contributed by atoms with Gasteiger partial charge in [-0.1, -0.05) is 44.9 Å². The van der Waals surface area contributed by atoms with Crippen molar-refractivity contribution in [1.82, 2.24) is 4.90 Å². The lowest BCUT2D eigenvalue weighted by molar-refractivity contribution is -0.130. The lowest BCUT2D eigenvalue weighted by Crippen LogP contribution is -2.53. The van der Waals surface area contributed by atoms with Crippen LogP contribution in [0.15, 0.2) is 18.2 Å². The molecule has 0 amide bonds. The summed E-state index contributed by atoms with van der Waals surface area (Å²) in [6, 6.07) is 6.43. The summed E-state index contributed by atoms with van der Waals surface area (Å²) >= 11 is 0. The lowest BCUT2D eigenvalue weighted by atomic mass is 9.85.